The Kier molecular flexibility index (Phi) is 6.83. The van der Waals surface area contributed by atoms with Gasteiger partial charge in [0, 0.05) is 18.5 Å². The first-order valence-electron chi connectivity index (χ1n) is 8.33. The minimum Gasteiger partial charge on any atom is -0.491 e. The van der Waals surface area contributed by atoms with Gasteiger partial charge in [-0.2, -0.15) is 0 Å². The lowest BCUT2D eigenvalue weighted by atomic mass is 10.1. The molecule has 0 unspecified atom stereocenters. The molecule has 2 N–H and O–H groups in total. The lowest BCUT2D eigenvalue weighted by Gasteiger charge is -2.13. The Hall–Kier alpha value is -2.53. The SMILES string of the molecule is COCCOc1ccc(NCC(=O)Nc2c(C)cc(C)cc2C)cc1. The molecule has 0 aliphatic heterocycles. The van der Waals surface area contributed by atoms with Gasteiger partial charge in [-0.25, -0.2) is 0 Å². The molecule has 0 aliphatic rings. The van der Waals surface area contributed by atoms with Crippen molar-refractivity contribution in [2.75, 3.05) is 37.5 Å². The number of anilines is 2. The maximum atomic E-state index is 12.2. The largest absolute Gasteiger partial charge is 0.491 e. The van der Waals surface area contributed by atoms with E-state index in [1.165, 1.54) is 5.56 Å². The summed E-state index contributed by atoms with van der Waals surface area (Å²) in [5.41, 5.74) is 5.09. The van der Waals surface area contributed by atoms with Crippen LogP contribution in [-0.2, 0) is 9.53 Å². The number of aryl methyl sites for hydroxylation is 3. The molecular formula is C20H26N2O3. The third-order valence-corrected chi connectivity index (χ3v) is 3.81. The van der Waals surface area contributed by atoms with Crippen LogP contribution in [-0.4, -0.2) is 32.8 Å². The van der Waals surface area contributed by atoms with Gasteiger partial charge < -0.3 is 20.1 Å². The van der Waals surface area contributed by atoms with Gasteiger partial charge in [-0.05, 0) is 56.2 Å². The van der Waals surface area contributed by atoms with E-state index in [0.717, 1.165) is 28.3 Å². The average Bonchev–Trinajstić information content (AvgIpc) is 2.57. The van der Waals surface area contributed by atoms with E-state index in [9.17, 15) is 4.79 Å². The van der Waals surface area contributed by atoms with Gasteiger partial charge in [0.1, 0.15) is 12.4 Å². The molecule has 0 fully saturated rings. The second kappa shape index (κ2) is 9.08. The predicted octanol–water partition coefficient (Wildman–Crippen LogP) is 3.69. The molecule has 0 bridgehead atoms. The van der Waals surface area contributed by atoms with Crippen molar-refractivity contribution in [3.63, 3.8) is 0 Å². The van der Waals surface area contributed by atoms with Crippen molar-refractivity contribution < 1.29 is 14.3 Å². The van der Waals surface area contributed by atoms with E-state index in [-0.39, 0.29) is 12.5 Å². The highest BCUT2D eigenvalue weighted by molar-refractivity contribution is 5.95. The summed E-state index contributed by atoms with van der Waals surface area (Å²) in [6, 6.07) is 11.6. The topological polar surface area (TPSA) is 59.6 Å². The van der Waals surface area contributed by atoms with Crippen molar-refractivity contribution in [3.05, 3.63) is 53.1 Å². The van der Waals surface area contributed by atoms with Crippen LogP contribution >= 0.6 is 0 Å². The second-order valence-corrected chi connectivity index (χ2v) is 6.04. The third kappa shape index (κ3) is 5.80. The van der Waals surface area contributed by atoms with E-state index in [1.807, 2.05) is 38.1 Å². The van der Waals surface area contributed by atoms with Crippen LogP contribution in [0.15, 0.2) is 36.4 Å². The molecule has 1 amide bonds. The molecule has 5 nitrogen and oxygen atoms in total. The number of benzene rings is 2. The number of methoxy groups -OCH3 is 1. The molecule has 2 aromatic rings. The summed E-state index contributed by atoms with van der Waals surface area (Å²) in [4.78, 5) is 12.2. The standard InChI is InChI=1S/C20H26N2O3/c1-14-11-15(2)20(16(3)12-14)22-19(23)13-21-17-5-7-18(8-6-17)25-10-9-24-4/h5-8,11-12,21H,9-10,13H2,1-4H3,(H,22,23). The van der Waals surface area contributed by atoms with E-state index in [2.05, 4.69) is 29.7 Å². The third-order valence-electron chi connectivity index (χ3n) is 3.81. The van der Waals surface area contributed by atoms with Crippen LogP contribution in [0.5, 0.6) is 5.75 Å². The van der Waals surface area contributed by atoms with E-state index < -0.39 is 0 Å². The van der Waals surface area contributed by atoms with E-state index >= 15 is 0 Å². The minimum atomic E-state index is -0.0736. The van der Waals surface area contributed by atoms with Crippen molar-refractivity contribution in [2.45, 2.75) is 20.8 Å². The van der Waals surface area contributed by atoms with Crippen molar-refractivity contribution in [2.24, 2.45) is 0 Å². The molecule has 0 atom stereocenters. The Labute approximate surface area is 149 Å². The van der Waals surface area contributed by atoms with Gasteiger partial charge in [-0.15, -0.1) is 0 Å². The second-order valence-electron chi connectivity index (χ2n) is 6.04. The fourth-order valence-corrected chi connectivity index (χ4v) is 2.66. The normalized spacial score (nSPS) is 10.4. The highest BCUT2D eigenvalue weighted by Crippen LogP contribution is 2.22. The van der Waals surface area contributed by atoms with E-state index in [4.69, 9.17) is 9.47 Å². The number of carbonyl (C=O) groups excluding carboxylic acids is 1. The Morgan fingerprint density at radius 3 is 2.24 bits per heavy atom. The zero-order chi connectivity index (χ0) is 18.2. The lowest BCUT2D eigenvalue weighted by molar-refractivity contribution is -0.114. The summed E-state index contributed by atoms with van der Waals surface area (Å²) in [7, 11) is 1.64. The van der Waals surface area contributed by atoms with Crippen molar-refractivity contribution in [3.8, 4) is 5.75 Å². The summed E-state index contributed by atoms with van der Waals surface area (Å²) >= 11 is 0. The first-order chi connectivity index (χ1) is 12.0. The molecule has 0 heterocycles. The summed E-state index contributed by atoms with van der Waals surface area (Å²) in [6.07, 6.45) is 0. The number of carbonyl (C=O) groups is 1. The van der Waals surface area contributed by atoms with Crippen LogP contribution < -0.4 is 15.4 Å². The lowest BCUT2D eigenvalue weighted by Crippen LogP contribution is -2.22. The number of ether oxygens (including phenoxy) is 2. The number of rotatable bonds is 8. The van der Waals surface area contributed by atoms with E-state index in [0.29, 0.717) is 13.2 Å². The summed E-state index contributed by atoms with van der Waals surface area (Å²) in [5.74, 6) is 0.702. The molecule has 5 heteroatoms. The zero-order valence-corrected chi connectivity index (χ0v) is 15.3. The van der Waals surface area contributed by atoms with Gasteiger partial charge in [0.2, 0.25) is 5.91 Å². The molecule has 25 heavy (non-hydrogen) atoms. The number of hydrogen-bond acceptors (Lipinski definition) is 4. The van der Waals surface area contributed by atoms with Crippen LogP contribution in [0.25, 0.3) is 0 Å². The fraction of sp³-hybridized carbons (Fsp3) is 0.350. The molecule has 0 saturated carbocycles. The molecule has 134 valence electrons. The Morgan fingerprint density at radius 2 is 1.64 bits per heavy atom. The Morgan fingerprint density at radius 1 is 1.00 bits per heavy atom. The van der Waals surface area contributed by atoms with Gasteiger partial charge in [-0.1, -0.05) is 17.7 Å². The highest BCUT2D eigenvalue weighted by atomic mass is 16.5. The molecule has 2 aromatic carbocycles. The Balaban J connectivity index is 1.86. The maximum Gasteiger partial charge on any atom is 0.243 e. The maximum absolute atomic E-state index is 12.2. The van der Waals surface area contributed by atoms with Crippen LogP contribution in [0.3, 0.4) is 0 Å². The average molecular weight is 342 g/mol. The monoisotopic (exact) mass is 342 g/mol. The Bertz CT molecular complexity index is 688. The van der Waals surface area contributed by atoms with Gasteiger partial charge >= 0.3 is 0 Å². The van der Waals surface area contributed by atoms with Gasteiger partial charge in [-0.3, -0.25) is 4.79 Å². The summed E-state index contributed by atoms with van der Waals surface area (Å²) < 4.78 is 10.5. The van der Waals surface area contributed by atoms with Crippen LogP contribution in [0.2, 0.25) is 0 Å². The molecule has 0 saturated heterocycles. The van der Waals surface area contributed by atoms with Crippen molar-refractivity contribution in [1.82, 2.24) is 0 Å². The molecule has 0 spiro atoms. The van der Waals surface area contributed by atoms with Crippen molar-refractivity contribution >= 4 is 17.3 Å². The van der Waals surface area contributed by atoms with Crippen molar-refractivity contribution in [1.29, 1.82) is 0 Å². The first-order valence-corrected chi connectivity index (χ1v) is 8.33. The van der Waals surface area contributed by atoms with Gasteiger partial charge in [0.15, 0.2) is 0 Å². The van der Waals surface area contributed by atoms with Gasteiger partial charge in [0.05, 0.1) is 13.2 Å². The minimum absolute atomic E-state index is 0.0736. The number of amides is 1. The first kappa shape index (κ1) is 18.8. The van der Waals surface area contributed by atoms with E-state index in [1.54, 1.807) is 7.11 Å². The molecule has 0 aromatic heterocycles. The molecular weight excluding hydrogens is 316 g/mol. The smallest absolute Gasteiger partial charge is 0.243 e. The number of nitrogens with one attached hydrogen (secondary N) is 2. The number of hydrogen-bond donors (Lipinski definition) is 2. The predicted molar refractivity (Wildman–Crippen MR) is 102 cm³/mol. The highest BCUT2D eigenvalue weighted by Gasteiger charge is 2.08. The van der Waals surface area contributed by atoms with Gasteiger partial charge in [0.25, 0.3) is 0 Å². The van der Waals surface area contributed by atoms with Crippen LogP contribution in [0, 0.1) is 20.8 Å². The fourth-order valence-electron chi connectivity index (χ4n) is 2.66. The van der Waals surface area contributed by atoms with Crippen LogP contribution in [0.4, 0.5) is 11.4 Å². The van der Waals surface area contributed by atoms with Crippen LogP contribution in [0.1, 0.15) is 16.7 Å². The summed E-state index contributed by atoms with van der Waals surface area (Å²) in [6.45, 7) is 7.34. The quantitative estimate of drug-likeness (QED) is 0.718. The molecule has 0 aliphatic carbocycles. The summed E-state index contributed by atoms with van der Waals surface area (Å²) in [5, 5.41) is 6.10. The zero-order valence-electron chi connectivity index (χ0n) is 15.3. The molecule has 2 rings (SSSR count). The molecule has 0 radical (unpaired) electrons.